The first-order chi connectivity index (χ1) is 9.60. The third-order valence-corrected chi connectivity index (χ3v) is 2.43. The van der Waals surface area contributed by atoms with E-state index in [1.54, 1.807) is 19.2 Å². The molecule has 0 radical (unpaired) electrons. The lowest BCUT2D eigenvalue weighted by Gasteiger charge is -2.08. The van der Waals surface area contributed by atoms with E-state index >= 15 is 0 Å². The van der Waals surface area contributed by atoms with Crippen molar-refractivity contribution in [2.45, 2.75) is 13.5 Å². The van der Waals surface area contributed by atoms with Gasteiger partial charge in [-0.3, -0.25) is 0 Å². The van der Waals surface area contributed by atoms with Crippen LogP contribution in [-0.2, 0) is 18.4 Å². The van der Waals surface area contributed by atoms with Gasteiger partial charge in [0.15, 0.2) is 6.61 Å². The summed E-state index contributed by atoms with van der Waals surface area (Å²) in [5.41, 5.74) is 6.52. The summed E-state index contributed by atoms with van der Waals surface area (Å²) < 4.78 is 10.4. The van der Waals surface area contributed by atoms with Crippen LogP contribution >= 0.6 is 0 Å². The fourth-order valence-corrected chi connectivity index (χ4v) is 1.56. The Morgan fingerprint density at radius 2 is 2.25 bits per heavy atom. The smallest absolute Gasteiger partial charge is 0.338 e. The Hall–Kier alpha value is -2.64. The molecule has 8 nitrogen and oxygen atoms in total. The van der Waals surface area contributed by atoms with Gasteiger partial charge in [0.25, 0.3) is 0 Å². The first-order valence-corrected chi connectivity index (χ1v) is 6.02. The summed E-state index contributed by atoms with van der Waals surface area (Å²) in [6.45, 7) is 2.32. The molecule has 2 rings (SSSR count). The molecule has 0 aliphatic rings. The summed E-state index contributed by atoms with van der Waals surface area (Å²) in [4.78, 5) is 13.1. The Morgan fingerprint density at radius 3 is 2.85 bits per heavy atom. The fourth-order valence-electron chi connectivity index (χ4n) is 1.56. The molecule has 0 saturated heterocycles. The highest BCUT2D eigenvalue weighted by molar-refractivity contribution is 5.91. The monoisotopic (exact) mass is 277 g/mol. The van der Waals surface area contributed by atoms with Gasteiger partial charge in [-0.25, -0.2) is 4.79 Å². The van der Waals surface area contributed by atoms with Crippen molar-refractivity contribution in [3.63, 3.8) is 0 Å². The number of carbonyl (C=O) groups excluding carboxylic acids is 1. The number of benzene rings is 1. The third-order valence-electron chi connectivity index (χ3n) is 2.43. The second-order valence-electron chi connectivity index (χ2n) is 3.96. The van der Waals surface area contributed by atoms with Crippen LogP contribution < -0.4 is 10.5 Å². The third kappa shape index (κ3) is 3.22. The van der Waals surface area contributed by atoms with Gasteiger partial charge in [0.05, 0.1) is 24.9 Å². The quantitative estimate of drug-likeness (QED) is 0.628. The van der Waals surface area contributed by atoms with Gasteiger partial charge >= 0.3 is 5.97 Å². The van der Waals surface area contributed by atoms with Gasteiger partial charge in [0, 0.05) is 0 Å². The van der Waals surface area contributed by atoms with Gasteiger partial charge in [-0.2, -0.15) is 4.80 Å². The Kier molecular flexibility index (Phi) is 4.14. The summed E-state index contributed by atoms with van der Waals surface area (Å²) in [5, 5.41) is 11.3. The van der Waals surface area contributed by atoms with Gasteiger partial charge in [0.2, 0.25) is 5.82 Å². The van der Waals surface area contributed by atoms with Crippen LogP contribution in [0.25, 0.3) is 0 Å². The zero-order valence-corrected chi connectivity index (χ0v) is 11.2. The molecule has 0 aliphatic heterocycles. The molecule has 0 aliphatic carbocycles. The number of aryl methyl sites for hydroxylation is 1. The van der Waals surface area contributed by atoms with Crippen molar-refractivity contribution >= 4 is 11.7 Å². The Morgan fingerprint density at radius 1 is 1.45 bits per heavy atom. The molecule has 0 bridgehead atoms. The summed E-state index contributed by atoms with van der Waals surface area (Å²) in [6.07, 6.45) is 0. The van der Waals surface area contributed by atoms with Crippen LogP contribution in [0.5, 0.6) is 5.75 Å². The van der Waals surface area contributed by atoms with Crippen molar-refractivity contribution in [1.82, 2.24) is 20.2 Å². The summed E-state index contributed by atoms with van der Waals surface area (Å²) in [7, 11) is 1.63. The van der Waals surface area contributed by atoms with Crippen molar-refractivity contribution in [2.24, 2.45) is 7.05 Å². The lowest BCUT2D eigenvalue weighted by molar-refractivity contribution is 0.0462. The fraction of sp³-hybridized carbons (Fsp3) is 0.333. The van der Waals surface area contributed by atoms with E-state index in [1.165, 1.54) is 10.9 Å². The molecule has 0 amide bonds. The maximum absolute atomic E-state index is 11.8. The summed E-state index contributed by atoms with van der Waals surface area (Å²) in [5.74, 6) is 0.367. The van der Waals surface area contributed by atoms with Crippen molar-refractivity contribution in [3.05, 3.63) is 29.6 Å². The van der Waals surface area contributed by atoms with Crippen LogP contribution in [0, 0.1) is 0 Å². The SMILES string of the molecule is CCOc1ccc(C(=O)OCc2nnn(C)n2)cc1N. The van der Waals surface area contributed by atoms with Crippen LogP contribution in [0.4, 0.5) is 5.69 Å². The van der Waals surface area contributed by atoms with Gasteiger partial charge in [-0.05, 0) is 30.3 Å². The number of esters is 1. The molecule has 0 atom stereocenters. The predicted octanol–water partition coefficient (Wildman–Crippen LogP) is 0.548. The van der Waals surface area contributed by atoms with E-state index in [-0.39, 0.29) is 6.61 Å². The minimum atomic E-state index is -0.507. The molecule has 0 fully saturated rings. The Balaban J connectivity index is 2.00. The van der Waals surface area contributed by atoms with Crippen LogP contribution in [-0.4, -0.2) is 32.8 Å². The molecule has 2 N–H and O–H groups in total. The maximum Gasteiger partial charge on any atom is 0.338 e. The number of hydrogen-bond donors (Lipinski definition) is 1. The minimum Gasteiger partial charge on any atom is -0.492 e. The van der Waals surface area contributed by atoms with E-state index in [2.05, 4.69) is 15.4 Å². The molecule has 0 saturated carbocycles. The molecule has 0 unspecified atom stereocenters. The predicted molar refractivity (Wildman–Crippen MR) is 69.9 cm³/mol. The normalized spacial score (nSPS) is 10.3. The minimum absolute atomic E-state index is 0.0419. The highest BCUT2D eigenvalue weighted by Crippen LogP contribution is 2.22. The number of hydrogen-bond acceptors (Lipinski definition) is 7. The molecular weight excluding hydrogens is 262 g/mol. The Labute approximate surface area is 115 Å². The number of tetrazole rings is 1. The zero-order chi connectivity index (χ0) is 14.5. The molecule has 8 heteroatoms. The average Bonchev–Trinajstić information content (AvgIpc) is 2.84. The van der Waals surface area contributed by atoms with Crippen LogP contribution in [0.2, 0.25) is 0 Å². The van der Waals surface area contributed by atoms with Gasteiger partial charge in [-0.15, -0.1) is 10.2 Å². The topological polar surface area (TPSA) is 105 Å². The van der Waals surface area contributed by atoms with Gasteiger partial charge < -0.3 is 15.2 Å². The molecule has 106 valence electrons. The van der Waals surface area contributed by atoms with Crippen molar-refractivity contribution < 1.29 is 14.3 Å². The van der Waals surface area contributed by atoms with E-state index in [4.69, 9.17) is 15.2 Å². The highest BCUT2D eigenvalue weighted by atomic mass is 16.5. The molecular formula is C12H15N5O3. The number of nitrogen functional groups attached to an aromatic ring is 1. The van der Waals surface area contributed by atoms with E-state index in [0.29, 0.717) is 29.4 Å². The summed E-state index contributed by atoms with van der Waals surface area (Å²) >= 11 is 0. The van der Waals surface area contributed by atoms with Crippen LogP contribution in [0.1, 0.15) is 23.1 Å². The van der Waals surface area contributed by atoms with Gasteiger partial charge in [0.1, 0.15) is 5.75 Å². The Bertz CT molecular complexity index is 611. The molecule has 0 spiro atoms. The zero-order valence-electron chi connectivity index (χ0n) is 11.2. The van der Waals surface area contributed by atoms with E-state index < -0.39 is 5.97 Å². The number of rotatable bonds is 5. The van der Waals surface area contributed by atoms with Crippen LogP contribution in [0.3, 0.4) is 0 Å². The molecule has 1 aromatic heterocycles. The van der Waals surface area contributed by atoms with E-state index in [1.807, 2.05) is 6.92 Å². The van der Waals surface area contributed by atoms with Crippen molar-refractivity contribution in [1.29, 1.82) is 0 Å². The number of aromatic nitrogens is 4. The molecule has 2 aromatic rings. The first kappa shape index (κ1) is 13.8. The van der Waals surface area contributed by atoms with E-state index in [0.717, 1.165) is 0 Å². The molecule has 1 aromatic carbocycles. The highest BCUT2D eigenvalue weighted by Gasteiger charge is 2.11. The number of carbonyl (C=O) groups is 1. The standard InChI is InChI=1S/C12H15N5O3/c1-3-19-10-5-4-8(6-9(10)13)12(18)20-7-11-14-16-17(2)15-11/h4-6H,3,7,13H2,1-2H3. The van der Waals surface area contributed by atoms with Crippen LogP contribution in [0.15, 0.2) is 18.2 Å². The van der Waals surface area contributed by atoms with Crippen molar-refractivity contribution in [2.75, 3.05) is 12.3 Å². The number of anilines is 1. The van der Waals surface area contributed by atoms with Crippen molar-refractivity contribution in [3.8, 4) is 5.75 Å². The largest absolute Gasteiger partial charge is 0.492 e. The lowest BCUT2D eigenvalue weighted by Crippen LogP contribution is -2.07. The van der Waals surface area contributed by atoms with Gasteiger partial charge in [-0.1, -0.05) is 0 Å². The maximum atomic E-state index is 11.8. The second kappa shape index (κ2) is 6.00. The first-order valence-electron chi connectivity index (χ1n) is 6.02. The number of nitrogens with zero attached hydrogens (tertiary/aromatic N) is 4. The summed E-state index contributed by atoms with van der Waals surface area (Å²) in [6, 6.07) is 4.74. The van der Waals surface area contributed by atoms with E-state index in [9.17, 15) is 4.79 Å². The number of ether oxygens (including phenoxy) is 2. The number of nitrogens with two attached hydrogens (primary N) is 1. The second-order valence-corrected chi connectivity index (χ2v) is 3.96. The molecule has 20 heavy (non-hydrogen) atoms. The lowest BCUT2D eigenvalue weighted by atomic mass is 10.2. The molecule has 1 heterocycles. The average molecular weight is 277 g/mol.